The summed E-state index contributed by atoms with van der Waals surface area (Å²) in [5, 5.41) is 11.9. The van der Waals surface area contributed by atoms with E-state index in [4.69, 9.17) is 16.0 Å². The van der Waals surface area contributed by atoms with Gasteiger partial charge in [-0.25, -0.2) is 0 Å². The van der Waals surface area contributed by atoms with Crippen LogP contribution < -0.4 is 0 Å². The summed E-state index contributed by atoms with van der Waals surface area (Å²) in [6, 6.07) is 5.69. The lowest BCUT2D eigenvalue weighted by Gasteiger charge is -2.20. The molecule has 0 aromatic carbocycles. The molecular formula is C17H16ClN3O2S2. The van der Waals surface area contributed by atoms with Crippen LogP contribution >= 0.6 is 34.3 Å². The molecule has 130 valence electrons. The molecule has 3 heterocycles. The maximum absolute atomic E-state index is 12.5. The molecule has 0 saturated carbocycles. The maximum atomic E-state index is 12.5. The van der Waals surface area contributed by atoms with E-state index in [1.54, 1.807) is 22.3 Å². The molecule has 25 heavy (non-hydrogen) atoms. The lowest BCUT2D eigenvalue weighted by atomic mass is 10.2. The smallest absolute Gasteiger partial charge is 0.248 e. The third kappa shape index (κ3) is 4.78. The quantitative estimate of drug-likeness (QED) is 0.522. The van der Waals surface area contributed by atoms with Crippen LogP contribution in [0.25, 0.3) is 11.5 Å². The molecule has 0 spiro atoms. The van der Waals surface area contributed by atoms with Crippen molar-refractivity contribution in [2.24, 2.45) is 0 Å². The number of amides is 1. The van der Waals surface area contributed by atoms with Crippen molar-refractivity contribution in [1.82, 2.24) is 15.1 Å². The number of thiophene rings is 2. The summed E-state index contributed by atoms with van der Waals surface area (Å²) in [6.07, 6.45) is 2.43. The standard InChI is InChI=1S/C17H16ClN3O2S2/c1-2-8-21(10-13-3-4-14(18)25-13)16(22)6-5-15-19-20-17(23-15)12-7-9-24-11-12/h2-4,7,9,11H,1,5-6,8,10H2. The van der Waals surface area contributed by atoms with Gasteiger partial charge in [0.05, 0.1) is 10.9 Å². The summed E-state index contributed by atoms with van der Waals surface area (Å²) >= 11 is 8.99. The van der Waals surface area contributed by atoms with Gasteiger partial charge in [0.25, 0.3) is 0 Å². The molecule has 0 aliphatic carbocycles. The largest absolute Gasteiger partial charge is 0.421 e. The molecule has 8 heteroatoms. The molecule has 3 aromatic rings. The van der Waals surface area contributed by atoms with Crippen LogP contribution in [-0.2, 0) is 17.8 Å². The predicted molar refractivity (Wildman–Crippen MR) is 101 cm³/mol. The SMILES string of the molecule is C=CCN(Cc1ccc(Cl)s1)C(=O)CCc1nnc(-c2ccsc2)o1. The van der Waals surface area contributed by atoms with E-state index in [1.807, 2.05) is 29.0 Å². The first-order valence-electron chi connectivity index (χ1n) is 7.63. The van der Waals surface area contributed by atoms with Crippen LogP contribution in [0.1, 0.15) is 17.2 Å². The highest BCUT2D eigenvalue weighted by Gasteiger charge is 2.16. The van der Waals surface area contributed by atoms with Gasteiger partial charge in [-0.15, -0.1) is 28.1 Å². The Kier molecular flexibility index (Phi) is 6.01. The molecule has 5 nitrogen and oxygen atoms in total. The van der Waals surface area contributed by atoms with Gasteiger partial charge >= 0.3 is 0 Å². The second-order valence-corrected chi connectivity index (χ2v) is 7.86. The van der Waals surface area contributed by atoms with Crippen molar-refractivity contribution in [1.29, 1.82) is 0 Å². The van der Waals surface area contributed by atoms with Gasteiger partial charge in [0.2, 0.25) is 17.7 Å². The van der Waals surface area contributed by atoms with E-state index in [0.29, 0.717) is 42.0 Å². The summed E-state index contributed by atoms with van der Waals surface area (Å²) in [7, 11) is 0. The number of hydrogen-bond acceptors (Lipinski definition) is 6. The van der Waals surface area contributed by atoms with Gasteiger partial charge in [-0.2, -0.15) is 11.3 Å². The Labute approximate surface area is 158 Å². The average Bonchev–Trinajstić information content (AvgIpc) is 3.33. The van der Waals surface area contributed by atoms with Crippen LogP contribution in [-0.4, -0.2) is 27.5 Å². The number of nitrogens with zero attached hydrogens (tertiary/aromatic N) is 3. The summed E-state index contributed by atoms with van der Waals surface area (Å²) < 4.78 is 6.33. The second kappa shape index (κ2) is 8.42. The molecule has 0 atom stereocenters. The van der Waals surface area contributed by atoms with Crippen LogP contribution in [0.3, 0.4) is 0 Å². The van der Waals surface area contributed by atoms with Crippen LogP contribution in [0.15, 0.2) is 46.0 Å². The fourth-order valence-electron chi connectivity index (χ4n) is 2.26. The van der Waals surface area contributed by atoms with Gasteiger partial charge in [-0.05, 0) is 23.6 Å². The van der Waals surface area contributed by atoms with Gasteiger partial charge in [-0.3, -0.25) is 4.79 Å². The van der Waals surface area contributed by atoms with Gasteiger partial charge in [0.15, 0.2) is 0 Å². The van der Waals surface area contributed by atoms with E-state index in [-0.39, 0.29) is 5.91 Å². The number of hydrogen-bond donors (Lipinski definition) is 0. The molecule has 0 aliphatic heterocycles. The molecule has 0 aliphatic rings. The van der Waals surface area contributed by atoms with Crippen molar-refractivity contribution < 1.29 is 9.21 Å². The Morgan fingerprint density at radius 1 is 1.36 bits per heavy atom. The van der Waals surface area contributed by atoms with Gasteiger partial charge in [0.1, 0.15) is 0 Å². The van der Waals surface area contributed by atoms with Crippen molar-refractivity contribution in [3.8, 4) is 11.5 Å². The number of carbonyl (C=O) groups is 1. The minimum absolute atomic E-state index is 0.0136. The Morgan fingerprint density at radius 3 is 2.92 bits per heavy atom. The topological polar surface area (TPSA) is 59.2 Å². The maximum Gasteiger partial charge on any atom is 0.248 e. The summed E-state index contributed by atoms with van der Waals surface area (Å²) in [4.78, 5) is 15.3. The number of rotatable bonds is 8. The third-order valence-corrected chi connectivity index (χ3v) is 5.36. The van der Waals surface area contributed by atoms with E-state index in [0.717, 1.165) is 10.4 Å². The van der Waals surface area contributed by atoms with Crippen molar-refractivity contribution in [2.75, 3.05) is 6.54 Å². The number of carbonyl (C=O) groups excluding carboxylic acids is 1. The zero-order valence-corrected chi connectivity index (χ0v) is 15.7. The second-order valence-electron chi connectivity index (χ2n) is 5.28. The predicted octanol–water partition coefficient (Wildman–Crippen LogP) is 4.66. The summed E-state index contributed by atoms with van der Waals surface area (Å²) in [5.41, 5.74) is 0.901. The lowest BCUT2D eigenvalue weighted by molar-refractivity contribution is -0.131. The zero-order chi connectivity index (χ0) is 17.6. The number of aromatic nitrogens is 2. The van der Waals surface area contributed by atoms with Crippen LogP contribution in [0.5, 0.6) is 0 Å². The van der Waals surface area contributed by atoms with Crippen LogP contribution in [0.2, 0.25) is 4.34 Å². The highest BCUT2D eigenvalue weighted by atomic mass is 35.5. The minimum Gasteiger partial charge on any atom is -0.421 e. The number of aryl methyl sites for hydroxylation is 1. The molecule has 0 fully saturated rings. The van der Waals surface area contributed by atoms with Gasteiger partial charge in [0, 0.05) is 35.2 Å². The fraction of sp³-hybridized carbons (Fsp3) is 0.235. The van der Waals surface area contributed by atoms with E-state index < -0.39 is 0 Å². The van der Waals surface area contributed by atoms with Crippen molar-refractivity contribution in [3.05, 3.63) is 56.7 Å². The van der Waals surface area contributed by atoms with Crippen LogP contribution in [0.4, 0.5) is 0 Å². The lowest BCUT2D eigenvalue weighted by Crippen LogP contribution is -2.30. The molecule has 0 radical (unpaired) electrons. The summed E-state index contributed by atoms with van der Waals surface area (Å²) in [5.74, 6) is 0.965. The first-order valence-corrected chi connectivity index (χ1v) is 9.77. The first kappa shape index (κ1) is 17.8. The van der Waals surface area contributed by atoms with E-state index in [9.17, 15) is 4.79 Å². The highest BCUT2D eigenvalue weighted by Crippen LogP contribution is 2.23. The molecule has 3 aromatic heterocycles. The number of halogens is 1. The van der Waals surface area contributed by atoms with E-state index in [2.05, 4.69) is 16.8 Å². The Bertz CT molecular complexity index is 842. The Hall–Kier alpha value is -1.96. The minimum atomic E-state index is 0.0136. The molecule has 3 rings (SSSR count). The Balaban J connectivity index is 1.58. The van der Waals surface area contributed by atoms with Crippen molar-refractivity contribution >= 4 is 40.2 Å². The normalized spacial score (nSPS) is 10.8. The van der Waals surface area contributed by atoms with E-state index >= 15 is 0 Å². The molecule has 0 bridgehead atoms. The Morgan fingerprint density at radius 2 is 2.24 bits per heavy atom. The molecule has 0 N–H and O–H groups in total. The van der Waals surface area contributed by atoms with Crippen LogP contribution in [0, 0.1) is 0 Å². The zero-order valence-electron chi connectivity index (χ0n) is 13.4. The molecule has 0 unspecified atom stereocenters. The van der Waals surface area contributed by atoms with Gasteiger partial charge in [-0.1, -0.05) is 17.7 Å². The van der Waals surface area contributed by atoms with Gasteiger partial charge < -0.3 is 9.32 Å². The highest BCUT2D eigenvalue weighted by molar-refractivity contribution is 7.16. The first-order chi connectivity index (χ1) is 12.2. The molecule has 1 amide bonds. The van der Waals surface area contributed by atoms with E-state index in [1.165, 1.54) is 11.3 Å². The average molecular weight is 394 g/mol. The fourth-order valence-corrected chi connectivity index (χ4v) is 4.00. The monoisotopic (exact) mass is 393 g/mol. The summed E-state index contributed by atoms with van der Waals surface area (Å²) in [6.45, 7) is 4.73. The van der Waals surface area contributed by atoms with Crippen molar-refractivity contribution in [3.63, 3.8) is 0 Å². The molecular weight excluding hydrogens is 378 g/mol. The molecule has 0 saturated heterocycles. The van der Waals surface area contributed by atoms with Crippen molar-refractivity contribution in [2.45, 2.75) is 19.4 Å². The third-order valence-electron chi connectivity index (χ3n) is 3.47.